The van der Waals surface area contributed by atoms with Crippen molar-refractivity contribution < 1.29 is 19.5 Å². The van der Waals surface area contributed by atoms with E-state index in [9.17, 15) is 14.7 Å². The zero-order valence-corrected chi connectivity index (χ0v) is 19.2. The van der Waals surface area contributed by atoms with Crippen molar-refractivity contribution in [2.45, 2.75) is 32.4 Å². The molecule has 0 unspecified atom stereocenters. The van der Waals surface area contributed by atoms with E-state index >= 15 is 0 Å². The number of aryl methyl sites for hydroxylation is 1. The monoisotopic (exact) mass is 442 g/mol. The first-order valence-electron chi connectivity index (χ1n) is 10.8. The van der Waals surface area contributed by atoms with Gasteiger partial charge in [0.05, 0.1) is 18.7 Å². The third-order valence-electron chi connectivity index (χ3n) is 5.04. The van der Waals surface area contributed by atoms with Crippen molar-refractivity contribution in [1.82, 2.24) is 21.0 Å². The molecule has 0 fully saturated rings. The van der Waals surface area contributed by atoms with Gasteiger partial charge in [0.15, 0.2) is 0 Å². The van der Waals surface area contributed by atoms with Gasteiger partial charge >= 0.3 is 6.09 Å². The summed E-state index contributed by atoms with van der Waals surface area (Å²) in [6.07, 6.45) is -0.474. The Labute approximate surface area is 189 Å². The Kier molecular flexibility index (Phi) is 10.1. The van der Waals surface area contributed by atoms with Crippen LogP contribution in [0, 0.1) is 0 Å². The highest BCUT2D eigenvalue weighted by molar-refractivity contribution is 5.95. The van der Waals surface area contributed by atoms with Crippen LogP contribution in [0.15, 0.2) is 48.5 Å². The van der Waals surface area contributed by atoms with Gasteiger partial charge in [-0.05, 0) is 56.3 Å². The highest BCUT2D eigenvalue weighted by Gasteiger charge is 2.19. The van der Waals surface area contributed by atoms with Crippen LogP contribution in [0.1, 0.15) is 29.8 Å². The van der Waals surface area contributed by atoms with Crippen LogP contribution < -0.4 is 16.1 Å². The molecule has 8 heteroatoms. The van der Waals surface area contributed by atoms with Crippen molar-refractivity contribution in [3.8, 4) is 11.1 Å². The van der Waals surface area contributed by atoms with E-state index in [4.69, 9.17) is 4.84 Å². The van der Waals surface area contributed by atoms with Crippen LogP contribution in [-0.4, -0.2) is 67.9 Å². The molecule has 0 aliphatic heterocycles. The lowest BCUT2D eigenvalue weighted by Crippen LogP contribution is -2.49. The van der Waals surface area contributed by atoms with Crippen LogP contribution in [0.4, 0.5) is 4.79 Å². The van der Waals surface area contributed by atoms with E-state index in [1.165, 1.54) is 5.56 Å². The predicted molar refractivity (Wildman–Crippen MR) is 125 cm³/mol. The number of nitrogens with one attached hydrogen (secondary N) is 3. The number of benzene rings is 2. The molecule has 0 aliphatic carbocycles. The number of nitrogens with zero attached hydrogens (tertiary/aromatic N) is 1. The zero-order valence-electron chi connectivity index (χ0n) is 19.2. The second kappa shape index (κ2) is 12.8. The van der Waals surface area contributed by atoms with Gasteiger partial charge in [-0.3, -0.25) is 4.79 Å². The molecular formula is C24H34N4O4. The number of aliphatic hydroxyl groups excluding tert-OH is 1. The Hall–Kier alpha value is -2.94. The summed E-state index contributed by atoms with van der Waals surface area (Å²) in [4.78, 5) is 31.1. The number of hydrogen-bond acceptors (Lipinski definition) is 6. The van der Waals surface area contributed by atoms with Gasteiger partial charge in [-0.1, -0.05) is 43.3 Å². The number of carbonyl (C=O) groups excluding carboxylic acids is 2. The molecule has 0 aliphatic rings. The first-order chi connectivity index (χ1) is 15.3. The molecule has 0 spiro atoms. The van der Waals surface area contributed by atoms with Gasteiger partial charge in [0.25, 0.3) is 5.91 Å². The lowest BCUT2D eigenvalue weighted by atomic mass is 10.0. The predicted octanol–water partition coefficient (Wildman–Crippen LogP) is 2.19. The Bertz CT molecular complexity index is 851. The summed E-state index contributed by atoms with van der Waals surface area (Å²) < 4.78 is 0. The van der Waals surface area contributed by atoms with Crippen LogP contribution in [0.5, 0.6) is 0 Å². The maximum atomic E-state index is 12.6. The minimum atomic E-state index is -0.844. The summed E-state index contributed by atoms with van der Waals surface area (Å²) in [6, 6.07) is 15.0. The first kappa shape index (κ1) is 25.3. The van der Waals surface area contributed by atoms with Gasteiger partial charge in [-0.25, -0.2) is 4.79 Å². The van der Waals surface area contributed by atoms with Crippen molar-refractivity contribution in [3.63, 3.8) is 0 Å². The fourth-order valence-corrected chi connectivity index (χ4v) is 2.96. The van der Waals surface area contributed by atoms with E-state index in [0.29, 0.717) is 18.7 Å². The fourth-order valence-electron chi connectivity index (χ4n) is 2.96. The second-order valence-electron chi connectivity index (χ2n) is 7.92. The summed E-state index contributed by atoms with van der Waals surface area (Å²) in [5.74, 6) is -0.319. The minimum Gasteiger partial charge on any atom is -0.391 e. The zero-order chi connectivity index (χ0) is 23.5. The van der Waals surface area contributed by atoms with Crippen LogP contribution in [0.2, 0.25) is 0 Å². The van der Waals surface area contributed by atoms with E-state index in [2.05, 4.69) is 47.3 Å². The van der Waals surface area contributed by atoms with Crippen molar-refractivity contribution in [1.29, 1.82) is 0 Å². The number of likely N-dealkylation sites (N-methyl/N-ethyl adjacent to an activating group) is 1. The Morgan fingerprint density at radius 1 is 1.03 bits per heavy atom. The van der Waals surface area contributed by atoms with Gasteiger partial charge in [-0.2, -0.15) is 0 Å². The summed E-state index contributed by atoms with van der Waals surface area (Å²) in [7, 11) is 3.80. The normalized spacial score (nSPS) is 12.8. The largest absolute Gasteiger partial charge is 0.426 e. The Balaban J connectivity index is 1.87. The third-order valence-corrected chi connectivity index (χ3v) is 5.04. The molecule has 2 atom stereocenters. The molecular weight excluding hydrogens is 408 g/mol. The Morgan fingerprint density at radius 3 is 2.16 bits per heavy atom. The topological polar surface area (TPSA) is 103 Å². The highest BCUT2D eigenvalue weighted by Crippen LogP contribution is 2.20. The molecule has 0 heterocycles. The van der Waals surface area contributed by atoms with Crippen LogP contribution in [0.3, 0.4) is 0 Å². The molecule has 0 bridgehead atoms. The molecule has 2 amide bonds. The third kappa shape index (κ3) is 8.30. The number of rotatable bonds is 11. The Morgan fingerprint density at radius 2 is 1.62 bits per heavy atom. The van der Waals surface area contributed by atoms with Gasteiger partial charge in [0, 0.05) is 18.7 Å². The van der Waals surface area contributed by atoms with Crippen molar-refractivity contribution >= 4 is 12.0 Å². The molecule has 4 N–H and O–H groups in total. The maximum absolute atomic E-state index is 12.6. The van der Waals surface area contributed by atoms with Crippen LogP contribution in [0.25, 0.3) is 11.1 Å². The standard InChI is InChI=1S/C24H34N4O4/c1-5-18-6-8-19(9-7-18)20-10-12-21(13-11-20)23(30)27-22(17(2)29)16-26-32-24(31)25-14-15-28(3)4/h6-13,17,22,26,29H,5,14-16H2,1-4H3,(H,25,31)(H,27,30)/t17-,22-/m1/s1. The number of hydrogen-bond donors (Lipinski definition) is 4. The van der Waals surface area contributed by atoms with Gasteiger partial charge in [-0.15, -0.1) is 5.48 Å². The summed E-state index contributed by atoms with van der Waals surface area (Å²) in [6.45, 7) is 4.87. The first-order valence-corrected chi connectivity index (χ1v) is 10.8. The van der Waals surface area contributed by atoms with Crippen molar-refractivity contribution in [2.24, 2.45) is 0 Å². The highest BCUT2D eigenvalue weighted by atomic mass is 16.7. The smallest absolute Gasteiger partial charge is 0.391 e. The minimum absolute atomic E-state index is 0.0619. The number of hydroxylamine groups is 1. The summed E-state index contributed by atoms with van der Waals surface area (Å²) in [5.41, 5.74) is 6.36. The average molecular weight is 443 g/mol. The lowest BCUT2D eigenvalue weighted by molar-refractivity contribution is 0.0614. The van der Waals surface area contributed by atoms with Crippen molar-refractivity contribution in [3.05, 3.63) is 59.7 Å². The van der Waals surface area contributed by atoms with Crippen molar-refractivity contribution in [2.75, 3.05) is 33.7 Å². The molecule has 8 nitrogen and oxygen atoms in total. The SMILES string of the molecule is CCc1ccc(-c2ccc(C(=O)N[C@H](CNOC(=O)NCCN(C)C)[C@@H](C)O)cc2)cc1. The fraction of sp³-hybridized carbons (Fsp3) is 0.417. The molecule has 0 saturated heterocycles. The van der Waals surface area contributed by atoms with E-state index in [1.54, 1.807) is 19.1 Å². The van der Waals surface area contributed by atoms with E-state index in [-0.39, 0.29) is 12.5 Å². The van der Waals surface area contributed by atoms with E-state index < -0.39 is 18.2 Å². The average Bonchev–Trinajstić information content (AvgIpc) is 2.78. The number of carbonyl (C=O) groups is 2. The molecule has 2 aromatic rings. The van der Waals surface area contributed by atoms with Gasteiger partial charge in [0.2, 0.25) is 0 Å². The quantitative estimate of drug-likeness (QED) is 0.398. The van der Waals surface area contributed by atoms with E-state index in [1.807, 2.05) is 31.1 Å². The molecule has 174 valence electrons. The summed E-state index contributed by atoms with van der Waals surface area (Å²) in [5, 5.41) is 15.4. The van der Waals surface area contributed by atoms with Crippen LogP contribution >= 0.6 is 0 Å². The van der Waals surface area contributed by atoms with Crippen LogP contribution in [-0.2, 0) is 11.3 Å². The lowest BCUT2D eigenvalue weighted by Gasteiger charge is -2.21. The molecule has 2 aromatic carbocycles. The summed E-state index contributed by atoms with van der Waals surface area (Å²) >= 11 is 0. The second-order valence-corrected chi connectivity index (χ2v) is 7.92. The van der Waals surface area contributed by atoms with Gasteiger partial charge in [0.1, 0.15) is 0 Å². The number of amides is 2. The van der Waals surface area contributed by atoms with E-state index in [0.717, 1.165) is 17.5 Å². The molecule has 0 radical (unpaired) electrons. The molecule has 0 aromatic heterocycles. The molecule has 2 rings (SSSR count). The molecule has 0 saturated carbocycles. The molecule has 32 heavy (non-hydrogen) atoms. The maximum Gasteiger partial charge on any atom is 0.426 e. The number of aliphatic hydroxyl groups is 1. The van der Waals surface area contributed by atoms with Gasteiger partial charge < -0.3 is 25.5 Å².